The highest BCUT2D eigenvalue weighted by Gasteiger charge is 2.20. The smallest absolute Gasteiger partial charge is 0.328 e. The Morgan fingerprint density at radius 2 is 1.03 bits per heavy atom. The van der Waals surface area contributed by atoms with Crippen LogP contribution < -0.4 is 9.44 Å². The molecule has 0 aliphatic heterocycles. The van der Waals surface area contributed by atoms with Gasteiger partial charge in [-0.1, -0.05) is 47.5 Å². The van der Waals surface area contributed by atoms with Crippen molar-refractivity contribution in [2.75, 3.05) is 9.44 Å². The molecule has 0 fully saturated rings. The van der Waals surface area contributed by atoms with E-state index in [4.69, 9.17) is 33.4 Å². The summed E-state index contributed by atoms with van der Waals surface area (Å²) < 4.78 is 55.7. The van der Waals surface area contributed by atoms with E-state index in [0.717, 1.165) is 12.2 Å². The van der Waals surface area contributed by atoms with Crippen molar-refractivity contribution in [3.05, 3.63) is 94.0 Å². The summed E-state index contributed by atoms with van der Waals surface area (Å²) in [5, 5.41) is 17.0. The van der Waals surface area contributed by atoms with E-state index in [1.807, 2.05) is 0 Å². The Balaban J connectivity index is 1.79. The first-order chi connectivity index (χ1) is 17.8. The van der Waals surface area contributed by atoms with Gasteiger partial charge in [0.2, 0.25) is 0 Å². The van der Waals surface area contributed by atoms with Gasteiger partial charge in [0.25, 0.3) is 20.0 Å². The van der Waals surface area contributed by atoms with Crippen LogP contribution in [0.5, 0.6) is 0 Å². The molecule has 0 unspecified atom stereocenters. The van der Waals surface area contributed by atoms with Crippen LogP contribution in [0.1, 0.15) is 11.1 Å². The van der Waals surface area contributed by atoms with Crippen molar-refractivity contribution < 1.29 is 36.6 Å². The number of carbonyl (C=O) groups is 2. The molecule has 0 radical (unpaired) electrons. The minimum atomic E-state index is -4.15. The number of nitrogens with one attached hydrogen (secondary N) is 2. The Hall–Kier alpha value is -3.84. The standard InChI is InChI=1S/C24H18Cl2N2O8S2/c25-20-13-17(27-37(33,34)18-7-1-15(2-8-18)5-11-22(29)30)14-21(26)24(20)28-38(35,36)19-9-3-16(4-10-19)6-12-23(31)32/h1-14,27-28H,(H,29,30)(H,31,32). The number of sulfonamides is 2. The van der Waals surface area contributed by atoms with Gasteiger partial charge < -0.3 is 10.2 Å². The zero-order valence-electron chi connectivity index (χ0n) is 19.0. The van der Waals surface area contributed by atoms with Crippen LogP contribution in [0.4, 0.5) is 11.4 Å². The van der Waals surface area contributed by atoms with E-state index in [1.165, 1.54) is 72.8 Å². The molecule has 0 spiro atoms. The highest BCUT2D eigenvalue weighted by molar-refractivity contribution is 7.93. The Labute approximate surface area is 227 Å². The lowest BCUT2D eigenvalue weighted by molar-refractivity contribution is -0.132. The van der Waals surface area contributed by atoms with Crippen molar-refractivity contribution in [3.63, 3.8) is 0 Å². The van der Waals surface area contributed by atoms with Crippen molar-refractivity contribution in [1.29, 1.82) is 0 Å². The molecule has 3 aromatic carbocycles. The molecule has 38 heavy (non-hydrogen) atoms. The van der Waals surface area contributed by atoms with Crippen LogP contribution in [0.2, 0.25) is 10.0 Å². The van der Waals surface area contributed by atoms with E-state index in [-0.39, 0.29) is 31.2 Å². The van der Waals surface area contributed by atoms with Crippen LogP contribution in [0.3, 0.4) is 0 Å². The van der Waals surface area contributed by atoms with Crippen molar-refractivity contribution in [3.8, 4) is 0 Å². The zero-order valence-corrected chi connectivity index (χ0v) is 22.1. The molecule has 198 valence electrons. The topological polar surface area (TPSA) is 167 Å². The third-order valence-corrected chi connectivity index (χ3v) is 8.11. The molecule has 0 atom stereocenters. The third kappa shape index (κ3) is 7.59. The molecule has 0 aromatic heterocycles. The molecule has 0 heterocycles. The average molecular weight is 597 g/mol. The molecule has 3 aromatic rings. The molecule has 10 nitrogen and oxygen atoms in total. The first kappa shape index (κ1) is 28.7. The maximum absolute atomic E-state index is 12.8. The minimum absolute atomic E-state index is 0.0348. The van der Waals surface area contributed by atoms with Crippen molar-refractivity contribution in [2.24, 2.45) is 0 Å². The predicted molar refractivity (Wildman–Crippen MR) is 144 cm³/mol. The van der Waals surface area contributed by atoms with Gasteiger partial charge in [-0.15, -0.1) is 0 Å². The Morgan fingerprint density at radius 3 is 1.39 bits per heavy atom. The highest BCUT2D eigenvalue weighted by atomic mass is 35.5. The number of carboxylic acid groups (broad SMARTS) is 2. The number of carboxylic acids is 2. The third-order valence-electron chi connectivity index (χ3n) is 4.75. The molecule has 0 saturated carbocycles. The summed E-state index contributed by atoms with van der Waals surface area (Å²) in [6, 6.07) is 13.1. The monoisotopic (exact) mass is 596 g/mol. The second-order valence-electron chi connectivity index (χ2n) is 7.51. The van der Waals surface area contributed by atoms with Crippen LogP contribution >= 0.6 is 23.2 Å². The summed E-state index contributed by atoms with van der Waals surface area (Å²) in [7, 11) is -8.24. The lowest BCUT2D eigenvalue weighted by Gasteiger charge is -2.14. The van der Waals surface area contributed by atoms with Gasteiger partial charge in [0, 0.05) is 12.2 Å². The van der Waals surface area contributed by atoms with Gasteiger partial charge in [0.1, 0.15) is 0 Å². The van der Waals surface area contributed by atoms with Crippen LogP contribution in [0.15, 0.2) is 82.6 Å². The molecule has 0 bridgehead atoms. The molecular formula is C24H18Cl2N2O8S2. The number of aliphatic carboxylic acids is 2. The first-order valence-corrected chi connectivity index (χ1v) is 14.1. The van der Waals surface area contributed by atoms with Crippen LogP contribution in [0.25, 0.3) is 12.2 Å². The Kier molecular flexibility index (Phi) is 8.84. The molecule has 14 heteroatoms. The molecule has 0 amide bonds. The predicted octanol–water partition coefficient (Wildman–Crippen LogP) is 4.79. The summed E-state index contributed by atoms with van der Waals surface area (Å²) in [6.07, 6.45) is 4.42. The van der Waals surface area contributed by atoms with Crippen molar-refractivity contribution in [2.45, 2.75) is 9.79 Å². The summed E-state index contributed by atoms with van der Waals surface area (Å²) in [5.41, 5.74) is 0.721. The number of halogens is 2. The lowest BCUT2D eigenvalue weighted by atomic mass is 10.2. The minimum Gasteiger partial charge on any atom is -0.478 e. The molecule has 0 saturated heterocycles. The fourth-order valence-corrected chi connectivity index (χ4v) is 5.82. The van der Waals surface area contributed by atoms with E-state index < -0.39 is 32.0 Å². The molecule has 3 rings (SSSR count). The summed E-state index contributed by atoms with van der Waals surface area (Å²) in [6.45, 7) is 0. The van der Waals surface area contributed by atoms with Gasteiger partial charge in [-0.05, 0) is 59.7 Å². The van der Waals surface area contributed by atoms with Crippen molar-refractivity contribution >= 4 is 78.7 Å². The largest absolute Gasteiger partial charge is 0.478 e. The summed E-state index contributed by atoms with van der Waals surface area (Å²) in [5.74, 6) is -2.30. The number of rotatable bonds is 10. The van der Waals surface area contributed by atoms with Crippen LogP contribution in [-0.2, 0) is 29.6 Å². The van der Waals surface area contributed by atoms with E-state index >= 15 is 0 Å². The van der Waals surface area contributed by atoms with Gasteiger partial charge in [-0.3, -0.25) is 9.44 Å². The van der Waals surface area contributed by atoms with Crippen LogP contribution in [0, 0.1) is 0 Å². The fraction of sp³-hybridized carbons (Fsp3) is 0. The first-order valence-electron chi connectivity index (χ1n) is 10.3. The number of anilines is 2. The van der Waals surface area contributed by atoms with Gasteiger partial charge in [-0.25, -0.2) is 26.4 Å². The summed E-state index contributed by atoms with van der Waals surface area (Å²) >= 11 is 12.4. The number of benzene rings is 3. The second kappa shape index (κ2) is 11.7. The Morgan fingerprint density at radius 1 is 0.658 bits per heavy atom. The maximum atomic E-state index is 12.8. The quantitative estimate of drug-likeness (QED) is 0.242. The molecule has 4 N–H and O–H groups in total. The van der Waals surface area contributed by atoms with Crippen molar-refractivity contribution in [1.82, 2.24) is 0 Å². The SMILES string of the molecule is O=C(O)C=Cc1ccc(S(=O)(=O)Nc2cc(Cl)c(NS(=O)(=O)c3ccc(C=CC(=O)O)cc3)c(Cl)c2)cc1. The normalized spacial score (nSPS) is 12.1. The van der Waals surface area contributed by atoms with E-state index in [0.29, 0.717) is 11.1 Å². The number of hydrogen-bond acceptors (Lipinski definition) is 6. The van der Waals surface area contributed by atoms with E-state index in [2.05, 4.69) is 9.44 Å². The molecule has 0 aliphatic rings. The zero-order chi connectivity index (χ0) is 28.1. The fourth-order valence-electron chi connectivity index (χ4n) is 2.99. The van der Waals surface area contributed by atoms with E-state index in [9.17, 15) is 26.4 Å². The number of hydrogen-bond donors (Lipinski definition) is 4. The van der Waals surface area contributed by atoms with Gasteiger partial charge >= 0.3 is 11.9 Å². The summed E-state index contributed by atoms with van der Waals surface area (Å²) in [4.78, 5) is 21.0. The lowest BCUT2D eigenvalue weighted by Crippen LogP contribution is -2.15. The average Bonchev–Trinajstić information content (AvgIpc) is 2.84. The Bertz CT molecular complexity index is 1630. The second-order valence-corrected chi connectivity index (χ2v) is 11.7. The molecule has 0 aliphatic carbocycles. The molecular weight excluding hydrogens is 579 g/mol. The van der Waals surface area contributed by atoms with E-state index in [1.54, 1.807) is 0 Å². The van der Waals surface area contributed by atoms with Gasteiger partial charge in [0.15, 0.2) is 0 Å². The maximum Gasteiger partial charge on any atom is 0.328 e. The van der Waals surface area contributed by atoms with Gasteiger partial charge in [0.05, 0.1) is 31.2 Å². The highest BCUT2D eigenvalue weighted by Crippen LogP contribution is 2.36. The van der Waals surface area contributed by atoms with Gasteiger partial charge in [-0.2, -0.15) is 0 Å². The van der Waals surface area contributed by atoms with Crippen LogP contribution in [-0.4, -0.2) is 39.0 Å².